The third-order valence-corrected chi connectivity index (χ3v) is 5.32. The zero-order valence-electron chi connectivity index (χ0n) is 18.8. The zero-order chi connectivity index (χ0) is 20.4. The lowest BCUT2D eigenvalue weighted by molar-refractivity contribution is -0.431. The Morgan fingerprint density at radius 3 is 1.63 bits per heavy atom. The van der Waals surface area contributed by atoms with Crippen molar-refractivity contribution in [1.82, 2.24) is 0 Å². The van der Waals surface area contributed by atoms with Crippen LogP contribution in [-0.2, 0) is 14.2 Å². The van der Waals surface area contributed by atoms with Crippen molar-refractivity contribution in [2.75, 3.05) is 26.4 Å². The van der Waals surface area contributed by atoms with Gasteiger partial charge in [0.25, 0.3) is 5.97 Å². The maximum atomic E-state index is 7.18. The van der Waals surface area contributed by atoms with Crippen LogP contribution in [0.4, 0.5) is 0 Å². The van der Waals surface area contributed by atoms with Crippen molar-refractivity contribution >= 4 is 0 Å². The molecule has 4 nitrogen and oxygen atoms in total. The molecule has 0 radical (unpaired) electrons. The summed E-state index contributed by atoms with van der Waals surface area (Å²) in [6, 6.07) is 0. The standard InChI is InChI=1S/C23H45NO3/c1-7-12-13-14-15-16-19-22(18-8-2,20-17-21-24-6)23(25-9-3,26-10-4)27-11-5/h7-21H2,1-5H3. The van der Waals surface area contributed by atoms with E-state index in [1.807, 2.05) is 20.8 Å². The molecule has 0 bridgehead atoms. The smallest absolute Gasteiger partial charge is 0.288 e. The van der Waals surface area contributed by atoms with E-state index in [1.54, 1.807) is 0 Å². The van der Waals surface area contributed by atoms with E-state index in [4.69, 9.17) is 20.8 Å². The molecule has 0 rings (SSSR count). The highest BCUT2D eigenvalue weighted by atomic mass is 16.9. The molecule has 0 aromatic rings. The van der Waals surface area contributed by atoms with E-state index in [-0.39, 0.29) is 5.41 Å². The first kappa shape index (κ1) is 26.4. The minimum absolute atomic E-state index is 0.195. The fourth-order valence-electron chi connectivity index (χ4n) is 4.21. The summed E-state index contributed by atoms with van der Waals surface area (Å²) in [6.45, 7) is 19.9. The predicted octanol–water partition coefficient (Wildman–Crippen LogP) is 6.99. The Bertz CT molecular complexity index is 363. The molecule has 27 heavy (non-hydrogen) atoms. The molecule has 0 aromatic carbocycles. The number of rotatable bonds is 19. The first-order valence-corrected chi connectivity index (χ1v) is 11.4. The Kier molecular flexibility index (Phi) is 16.0. The molecule has 0 amide bonds. The summed E-state index contributed by atoms with van der Waals surface area (Å²) in [6.07, 6.45) is 12.5. The fraction of sp³-hybridized carbons (Fsp3) is 0.957. The Hall–Kier alpha value is -0.630. The minimum atomic E-state index is -0.993. The van der Waals surface area contributed by atoms with Crippen molar-refractivity contribution in [1.29, 1.82) is 0 Å². The number of hydrogen-bond acceptors (Lipinski definition) is 3. The largest absolute Gasteiger partial charge is 0.327 e. The molecule has 0 aliphatic heterocycles. The van der Waals surface area contributed by atoms with E-state index in [2.05, 4.69) is 18.7 Å². The van der Waals surface area contributed by atoms with Gasteiger partial charge in [-0.05, 0) is 40.0 Å². The van der Waals surface area contributed by atoms with Gasteiger partial charge in [0.1, 0.15) is 0 Å². The van der Waals surface area contributed by atoms with Crippen LogP contribution in [0, 0.1) is 12.0 Å². The van der Waals surface area contributed by atoms with Gasteiger partial charge in [0.05, 0.1) is 5.41 Å². The number of unbranched alkanes of at least 4 members (excludes halogenated alkanes) is 5. The van der Waals surface area contributed by atoms with Crippen LogP contribution in [0.3, 0.4) is 0 Å². The van der Waals surface area contributed by atoms with E-state index in [0.29, 0.717) is 26.4 Å². The molecule has 0 N–H and O–H groups in total. The van der Waals surface area contributed by atoms with Crippen LogP contribution < -0.4 is 0 Å². The Morgan fingerprint density at radius 1 is 0.630 bits per heavy atom. The SMILES string of the molecule is [C-]#[N+]CCCC(CCC)(CCCCCCCC)C(OCC)(OCC)OCC. The first-order chi connectivity index (χ1) is 13.1. The van der Waals surface area contributed by atoms with E-state index < -0.39 is 5.97 Å². The topological polar surface area (TPSA) is 32.0 Å². The lowest BCUT2D eigenvalue weighted by Gasteiger charge is -2.49. The molecule has 0 aliphatic rings. The number of ether oxygens (including phenoxy) is 3. The van der Waals surface area contributed by atoms with Crippen molar-refractivity contribution in [3.63, 3.8) is 0 Å². The second kappa shape index (κ2) is 16.3. The van der Waals surface area contributed by atoms with Gasteiger partial charge in [-0.25, -0.2) is 6.57 Å². The molecule has 0 saturated carbocycles. The fourth-order valence-corrected chi connectivity index (χ4v) is 4.21. The van der Waals surface area contributed by atoms with Crippen LogP contribution in [0.25, 0.3) is 4.85 Å². The van der Waals surface area contributed by atoms with Gasteiger partial charge in [0.2, 0.25) is 6.54 Å². The molecule has 160 valence electrons. The molecule has 4 heteroatoms. The third-order valence-electron chi connectivity index (χ3n) is 5.32. The van der Waals surface area contributed by atoms with Crippen LogP contribution in [-0.4, -0.2) is 32.3 Å². The first-order valence-electron chi connectivity index (χ1n) is 11.4. The molecule has 1 atom stereocenters. The summed E-state index contributed by atoms with van der Waals surface area (Å²) < 4.78 is 18.7. The second-order valence-electron chi connectivity index (χ2n) is 7.39. The maximum absolute atomic E-state index is 7.18. The summed E-state index contributed by atoms with van der Waals surface area (Å²) in [5.41, 5.74) is -0.195. The molecule has 1 unspecified atom stereocenters. The van der Waals surface area contributed by atoms with Gasteiger partial charge in [0.15, 0.2) is 0 Å². The van der Waals surface area contributed by atoms with Crippen molar-refractivity contribution in [3.05, 3.63) is 11.4 Å². The number of hydrogen-bond donors (Lipinski definition) is 0. The highest BCUT2D eigenvalue weighted by molar-refractivity contribution is 4.90. The van der Waals surface area contributed by atoms with Gasteiger partial charge >= 0.3 is 0 Å². The molecule has 0 saturated heterocycles. The van der Waals surface area contributed by atoms with Crippen LogP contribution in [0.2, 0.25) is 0 Å². The minimum Gasteiger partial charge on any atom is -0.327 e. The average Bonchev–Trinajstić information content (AvgIpc) is 2.65. The summed E-state index contributed by atoms with van der Waals surface area (Å²) in [5, 5.41) is 0. The number of nitrogens with zero attached hydrogens (tertiary/aromatic N) is 1. The Labute approximate surface area is 169 Å². The molecular weight excluding hydrogens is 338 g/mol. The zero-order valence-corrected chi connectivity index (χ0v) is 18.8. The van der Waals surface area contributed by atoms with E-state index in [9.17, 15) is 0 Å². The van der Waals surface area contributed by atoms with Gasteiger partial charge in [-0.3, -0.25) is 0 Å². The van der Waals surface area contributed by atoms with Crippen LogP contribution >= 0.6 is 0 Å². The monoisotopic (exact) mass is 383 g/mol. The van der Waals surface area contributed by atoms with Crippen molar-refractivity contribution in [3.8, 4) is 0 Å². The van der Waals surface area contributed by atoms with Crippen molar-refractivity contribution in [2.24, 2.45) is 5.41 Å². The lowest BCUT2D eigenvalue weighted by Crippen LogP contribution is -2.55. The molecular formula is C23H45NO3. The summed E-state index contributed by atoms with van der Waals surface area (Å²) in [7, 11) is 0. The lowest BCUT2D eigenvalue weighted by atomic mass is 9.72. The second-order valence-corrected chi connectivity index (χ2v) is 7.39. The van der Waals surface area contributed by atoms with Gasteiger partial charge in [-0.15, -0.1) is 0 Å². The van der Waals surface area contributed by atoms with Crippen LogP contribution in [0.15, 0.2) is 0 Å². The summed E-state index contributed by atoms with van der Waals surface area (Å²) in [5.74, 6) is -0.993. The van der Waals surface area contributed by atoms with E-state index in [1.165, 1.54) is 32.1 Å². The normalized spacial score (nSPS) is 14.1. The quantitative estimate of drug-likeness (QED) is 0.137. The third kappa shape index (κ3) is 8.94. The van der Waals surface area contributed by atoms with Crippen molar-refractivity contribution in [2.45, 2.75) is 111 Å². The maximum Gasteiger partial charge on any atom is 0.288 e. The highest BCUT2D eigenvalue weighted by Crippen LogP contribution is 2.49. The molecule has 0 fully saturated rings. The Morgan fingerprint density at radius 2 is 1.15 bits per heavy atom. The molecule has 0 spiro atoms. The van der Waals surface area contributed by atoms with Crippen LogP contribution in [0.5, 0.6) is 0 Å². The molecule has 0 aromatic heterocycles. The highest BCUT2D eigenvalue weighted by Gasteiger charge is 2.53. The molecule has 0 aliphatic carbocycles. The van der Waals surface area contributed by atoms with Gasteiger partial charge in [-0.1, -0.05) is 58.8 Å². The summed E-state index contributed by atoms with van der Waals surface area (Å²) in [4.78, 5) is 3.58. The van der Waals surface area contributed by atoms with Gasteiger partial charge in [0, 0.05) is 26.2 Å². The van der Waals surface area contributed by atoms with Gasteiger partial charge < -0.3 is 19.1 Å². The van der Waals surface area contributed by atoms with E-state index in [0.717, 1.165) is 38.5 Å². The van der Waals surface area contributed by atoms with Gasteiger partial charge in [-0.2, -0.15) is 0 Å². The molecule has 0 heterocycles. The Balaban J connectivity index is 5.51. The predicted molar refractivity (Wildman–Crippen MR) is 114 cm³/mol. The van der Waals surface area contributed by atoms with Crippen molar-refractivity contribution < 1.29 is 14.2 Å². The van der Waals surface area contributed by atoms with E-state index >= 15 is 0 Å². The van der Waals surface area contributed by atoms with Crippen LogP contribution in [0.1, 0.15) is 105 Å². The average molecular weight is 384 g/mol. The summed E-state index contributed by atoms with van der Waals surface area (Å²) >= 11 is 0.